The van der Waals surface area contributed by atoms with Crippen LogP contribution >= 0.6 is 23.2 Å². The Hall–Kier alpha value is -0.432. The van der Waals surface area contributed by atoms with Crippen molar-refractivity contribution in [3.05, 3.63) is 46.7 Å². The predicted molar refractivity (Wildman–Crippen MR) is 57.5 cm³/mol. The van der Waals surface area contributed by atoms with Gasteiger partial charge in [-0.1, -0.05) is 29.3 Å². The van der Waals surface area contributed by atoms with Gasteiger partial charge in [0.1, 0.15) is 5.69 Å². The monoisotopic (exact) mass is 419 g/mol. The van der Waals surface area contributed by atoms with Crippen molar-refractivity contribution in [3.63, 3.8) is 0 Å². The van der Waals surface area contributed by atoms with Crippen LogP contribution in [0.4, 0.5) is 0 Å². The van der Waals surface area contributed by atoms with Crippen LogP contribution < -0.4 is 0 Å². The molecule has 0 unspecified atom stereocenters. The molecule has 0 saturated heterocycles. The number of nitrogens with zero attached hydrogens (tertiary/aromatic N) is 2. The van der Waals surface area contributed by atoms with Crippen molar-refractivity contribution >= 4 is 23.2 Å². The molecule has 0 saturated carbocycles. The molecule has 0 radical (unpaired) electrons. The number of halogens is 2. The van der Waals surface area contributed by atoms with E-state index in [2.05, 4.69) is 9.97 Å². The van der Waals surface area contributed by atoms with E-state index < -0.39 is 0 Å². The summed E-state index contributed by atoms with van der Waals surface area (Å²) in [5.41, 5.74) is 1.33. The van der Waals surface area contributed by atoms with Gasteiger partial charge in [0.2, 0.25) is 0 Å². The Balaban J connectivity index is 0.00000112. The Morgan fingerprint density at radius 3 is 2.40 bits per heavy atom. The van der Waals surface area contributed by atoms with Gasteiger partial charge in [0.05, 0.1) is 15.7 Å². The van der Waals surface area contributed by atoms with Crippen molar-refractivity contribution in [3.8, 4) is 11.4 Å². The molecule has 0 spiro atoms. The summed E-state index contributed by atoms with van der Waals surface area (Å²) < 4.78 is 0. The van der Waals surface area contributed by atoms with E-state index in [4.69, 9.17) is 23.2 Å². The number of rotatable bonds is 1. The first kappa shape index (κ1) is 12.6. The zero-order valence-electron chi connectivity index (χ0n) is 7.43. The summed E-state index contributed by atoms with van der Waals surface area (Å²) in [6.07, 6.45) is 3.30. The number of aromatic nitrogens is 2. The average molecular weight is 420 g/mol. The Kier molecular flexibility index (Phi) is 4.72. The summed E-state index contributed by atoms with van der Waals surface area (Å²) in [4.78, 5) is 8.28. The van der Waals surface area contributed by atoms with Crippen LogP contribution in [0.15, 0.2) is 36.7 Å². The second-order valence-electron chi connectivity index (χ2n) is 2.67. The number of hydrogen-bond donors (Lipinski definition) is 0. The van der Waals surface area contributed by atoms with Crippen molar-refractivity contribution in [2.24, 2.45) is 0 Å². The SMILES string of the molecule is Clc1ccnc(-c2ccccn2)c1Cl.[Pt]. The van der Waals surface area contributed by atoms with Crippen LogP contribution in [0, 0.1) is 0 Å². The van der Waals surface area contributed by atoms with Gasteiger partial charge in [-0.25, -0.2) is 0 Å². The summed E-state index contributed by atoms with van der Waals surface area (Å²) in [7, 11) is 0. The van der Waals surface area contributed by atoms with Gasteiger partial charge >= 0.3 is 0 Å². The summed E-state index contributed by atoms with van der Waals surface area (Å²) in [5.74, 6) is 0. The molecule has 0 amide bonds. The standard InChI is InChI=1S/C10H6Cl2N2.Pt/c11-7-4-6-14-10(9(7)12)8-3-1-2-5-13-8;/h1-6H;. The fourth-order valence-corrected chi connectivity index (χ4v) is 1.46. The Labute approximate surface area is 112 Å². The molecule has 80 valence electrons. The zero-order chi connectivity index (χ0) is 9.97. The van der Waals surface area contributed by atoms with Crippen LogP contribution in [-0.4, -0.2) is 9.97 Å². The Morgan fingerprint density at radius 1 is 0.933 bits per heavy atom. The fraction of sp³-hybridized carbons (Fsp3) is 0. The topological polar surface area (TPSA) is 25.8 Å². The van der Waals surface area contributed by atoms with Gasteiger partial charge in [-0.05, 0) is 18.2 Å². The Morgan fingerprint density at radius 2 is 1.73 bits per heavy atom. The maximum atomic E-state index is 5.99. The summed E-state index contributed by atoms with van der Waals surface area (Å²) in [5, 5.41) is 0.926. The summed E-state index contributed by atoms with van der Waals surface area (Å²) in [6, 6.07) is 7.20. The van der Waals surface area contributed by atoms with Crippen molar-refractivity contribution in [1.29, 1.82) is 0 Å². The van der Waals surface area contributed by atoms with E-state index in [9.17, 15) is 0 Å². The van der Waals surface area contributed by atoms with E-state index >= 15 is 0 Å². The van der Waals surface area contributed by atoms with E-state index in [0.29, 0.717) is 15.7 Å². The van der Waals surface area contributed by atoms with Gasteiger partial charge in [0, 0.05) is 33.5 Å². The first-order valence-electron chi connectivity index (χ1n) is 4.00. The van der Waals surface area contributed by atoms with Gasteiger partial charge in [-0.2, -0.15) is 0 Å². The van der Waals surface area contributed by atoms with Crippen molar-refractivity contribution in [2.45, 2.75) is 0 Å². The van der Waals surface area contributed by atoms with E-state index in [0.717, 1.165) is 5.69 Å². The normalized spacial score (nSPS) is 9.47. The molecule has 2 rings (SSSR count). The van der Waals surface area contributed by atoms with Crippen LogP contribution in [-0.2, 0) is 21.1 Å². The van der Waals surface area contributed by atoms with Crippen LogP contribution in [0.3, 0.4) is 0 Å². The van der Waals surface area contributed by atoms with Crippen molar-refractivity contribution < 1.29 is 21.1 Å². The van der Waals surface area contributed by atoms with Crippen LogP contribution in [0.2, 0.25) is 10.0 Å². The zero-order valence-corrected chi connectivity index (χ0v) is 11.2. The van der Waals surface area contributed by atoms with E-state index in [1.54, 1.807) is 18.5 Å². The molecule has 0 aromatic carbocycles. The molecule has 2 aromatic heterocycles. The van der Waals surface area contributed by atoms with Crippen molar-refractivity contribution in [2.75, 3.05) is 0 Å². The van der Waals surface area contributed by atoms with Gasteiger partial charge in [0.15, 0.2) is 0 Å². The van der Waals surface area contributed by atoms with E-state index in [1.165, 1.54) is 0 Å². The van der Waals surface area contributed by atoms with Gasteiger partial charge in [-0.15, -0.1) is 0 Å². The van der Waals surface area contributed by atoms with Crippen molar-refractivity contribution in [1.82, 2.24) is 9.97 Å². The molecule has 0 fully saturated rings. The third-order valence-electron chi connectivity index (χ3n) is 1.75. The summed E-state index contributed by atoms with van der Waals surface area (Å²) in [6.45, 7) is 0. The van der Waals surface area contributed by atoms with Crippen LogP contribution in [0.5, 0.6) is 0 Å². The van der Waals surface area contributed by atoms with Crippen LogP contribution in [0.25, 0.3) is 11.4 Å². The molecule has 0 aliphatic carbocycles. The minimum Gasteiger partial charge on any atom is -0.255 e. The first-order valence-corrected chi connectivity index (χ1v) is 4.76. The third-order valence-corrected chi connectivity index (χ3v) is 2.54. The van der Waals surface area contributed by atoms with Gasteiger partial charge < -0.3 is 0 Å². The maximum Gasteiger partial charge on any atom is 0.109 e. The molecule has 0 bridgehead atoms. The average Bonchev–Trinajstić information content (AvgIpc) is 2.23. The number of hydrogen-bond acceptors (Lipinski definition) is 2. The molecular formula is C10H6Cl2N2Pt. The molecule has 2 aromatic rings. The maximum absolute atomic E-state index is 5.99. The first-order chi connectivity index (χ1) is 6.79. The third kappa shape index (κ3) is 2.78. The Bertz CT molecular complexity index is 448. The largest absolute Gasteiger partial charge is 0.255 e. The summed E-state index contributed by atoms with van der Waals surface area (Å²) >= 11 is 11.9. The second kappa shape index (κ2) is 5.60. The minimum absolute atomic E-state index is 0. The molecule has 0 N–H and O–H groups in total. The molecular weight excluding hydrogens is 414 g/mol. The molecule has 5 heteroatoms. The molecule has 2 heterocycles. The molecule has 15 heavy (non-hydrogen) atoms. The second-order valence-corrected chi connectivity index (χ2v) is 3.46. The molecule has 0 aliphatic rings. The van der Waals surface area contributed by atoms with E-state index in [1.807, 2.05) is 18.2 Å². The molecule has 0 aliphatic heterocycles. The predicted octanol–water partition coefficient (Wildman–Crippen LogP) is 3.45. The van der Waals surface area contributed by atoms with E-state index in [-0.39, 0.29) is 21.1 Å². The van der Waals surface area contributed by atoms with Gasteiger partial charge in [0.25, 0.3) is 0 Å². The number of pyridine rings is 2. The quantitative estimate of drug-likeness (QED) is 0.707. The molecule has 0 atom stereocenters. The van der Waals surface area contributed by atoms with Crippen LogP contribution in [0.1, 0.15) is 0 Å². The fourth-order valence-electron chi connectivity index (χ4n) is 1.10. The smallest absolute Gasteiger partial charge is 0.109 e. The minimum atomic E-state index is 0. The molecule has 2 nitrogen and oxygen atoms in total. The van der Waals surface area contributed by atoms with Gasteiger partial charge in [-0.3, -0.25) is 9.97 Å².